The summed E-state index contributed by atoms with van der Waals surface area (Å²) in [6.07, 6.45) is 4.78. The molecule has 0 atom stereocenters. The highest BCUT2D eigenvalue weighted by molar-refractivity contribution is 14.1. The number of halogens is 4. The van der Waals surface area contributed by atoms with Gasteiger partial charge in [-0.25, -0.2) is 4.68 Å². The lowest BCUT2D eigenvalue weighted by Crippen LogP contribution is -2.37. The largest absolute Gasteiger partial charge is 0.305 e. The molecule has 0 aromatic carbocycles. The zero-order valence-corrected chi connectivity index (χ0v) is 17.4. The van der Waals surface area contributed by atoms with Crippen molar-refractivity contribution in [2.75, 3.05) is 23.0 Å². The summed E-state index contributed by atoms with van der Waals surface area (Å²) in [5.41, 5.74) is 0.735. The lowest BCUT2D eigenvalue weighted by atomic mass is 10.3. The maximum absolute atomic E-state index is 12.8. The lowest BCUT2D eigenvalue weighted by molar-refractivity contribution is -0.112. The quantitative estimate of drug-likeness (QED) is 0.328. The Morgan fingerprint density at radius 1 is 1.54 bits per heavy atom. The van der Waals surface area contributed by atoms with Crippen molar-refractivity contribution in [1.29, 1.82) is 5.41 Å². The fourth-order valence-electron chi connectivity index (χ4n) is 2.06. The van der Waals surface area contributed by atoms with Gasteiger partial charge in [-0.3, -0.25) is 15.2 Å². The van der Waals surface area contributed by atoms with Gasteiger partial charge in [-0.05, 0) is 41.6 Å². The Bertz CT molecular complexity index is 784. The molecule has 0 aliphatic carbocycles. The van der Waals surface area contributed by atoms with Crippen LogP contribution >= 0.6 is 46.0 Å². The number of hydrogen-bond acceptors (Lipinski definition) is 5. The average molecular weight is 514 g/mol. The molecule has 1 N–H and O–H groups in total. The first kappa shape index (κ1) is 21.0. The van der Waals surface area contributed by atoms with Crippen molar-refractivity contribution in [2.24, 2.45) is 0 Å². The third-order valence-corrected chi connectivity index (χ3v) is 5.41. The molecule has 0 saturated carbocycles. The number of hydrogen-bond donors (Lipinski definition) is 1. The molecular formula is C15H15ClF2IN5OS. The Hall–Kier alpha value is -1.27. The zero-order chi connectivity index (χ0) is 19.3. The molecule has 26 heavy (non-hydrogen) atoms. The van der Waals surface area contributed by atoms with Crippen molar-refractivity contribution in [3.05, 3.63) is 35.9 Å². The first-order valence-corrected chi connectivity index (χ1v) is 10.0. The highest BCUT2D eigenvalue weighted by Gasteiger charge is 2.26. The molecule has 2 aromatic heterocycles. The third kappa shape index (κ3) is 5.61. The van der Waals surface area contributed by atoms with Gasteiger partial charge in [-0.1, -0.05) is 11.6 Å². The molecule has 0 aliphatic heterocycles. The van der Waals surface area contributed by atoms with E-state index in [1.807, 2.05) is 0 Å². The predicted octanol–water partition coefficient (Wildman–Crippen LogP) is 4.05. The topological polar surface area (TPSA) is 74.9 Å². The monoisotopic (exact) mass is 513 g/mol. The number of nitrogens with zero attached hydrogens (tertiary/aromatic N) is 4. The number of carbonyl (C=O) groups is 1. The predicted molar refractivity (Wildman–Crippen MR) is 108 cm³/mol. The Morgan fingerprint density at radius 2 is 2.27 bits per heavy atom. The van der Waals surface area contributed by atoms with E-state index in [-0.39, 0.29) is 23.2 Å². The Morgan fingerprint density at radius 3 is 2.85 bits per heavy atom. The number of anilines is 1. The number of thioether (sulfide) groups is 1. The maximum atomic E-state index is 12.8. The summed E-state index contributed by atoms with van der Waals surface area (Å²) in [6.45, 7) is 1.99. The van der Waals surface area contributed by atoms with Gasteiger partial charge < -0.3 is 4.90 Å². The normalized spacial score (nSPS) is 11.4. The summed E-state index contributed by atoms with van der Waals surface area (Å²) >= 11 is 8.02. The van der Waals surface area contributed by atoms with Crippen molar-refractivity contribution in [2.45, 2.75) is 10.9 Å². The van der Waals surface area contributed by atoms with E-state index in [1.54, 1.807) is 37.6 Å². The minimum atomic E-state index is -2.87. The van der Waals surface area contributed by atoms with Gasteiger partial charge in [0, 0.05) is 18.5 Å². The van der Waals surface area contributed by atoms with Crippen molar-refractivity contribution in [3.63, 3.8) is 0 Å². The number of alkyl halides is 3. The fourth-order valence-corrected chi connectivity index (χ4v) is 3.62. The van der Waals surface area contributed by atoms with Gasteiger partial charge >= 0.3 is 3.93 Å². The minimum Gasteiger partial charge on any atom is -0.303 e. The van der Waals surface area contributed by atoms with Crippen LogP contribution in [0.1, 0.15) is 6.92 Å². The summed E-state index contributed by atoms with van der Waals surface area (Å²) in [5.74, 6) is -1.17. The van der Waals surface area contributed by atoms with Crippen LogP contribution in [0, 0.1) is 5.41 Å². The van der Waals surface area contributed by atoms with Crippen molar-refractivity contribution < 1.29 is 13.6 Å². The number of nitrogens with one attached hydrogen (secondary N) is 1. The van der Waals surface area contributed by atoms with Crippen molar-refractivity contribution >= 4 is 63.3 Å². The molecule has 6 nitrogen and oxygen atoms in total. The second-order valence-corrected chi connectivity index (χ2v) is 8.02. The molecule has 2 aromatic rings. The van der Waals surface area contributed by atoms with Gasteiger partial charge in [0.05, 0.1) is 23.8 Å². The minimum absolute atomic E-state index is 0.100. The van der Waals surface area contributed by atoms with Crippen LogP contribution in [0.4, 0.5) is 14.5 Å². The van der Waals surface area contributed by atoms with Gasteiger partial charge in [0.15, 0.2) is 5.15 Å². The SMILES string of the molecule is CCN(C(=O)C(=N)CSCC(F)(F)I)c1cn(-c2cccnc2)nc1Cl. The Kier molecular flexibility index (Phi) is 7.35. The molecule has 0 aliphatic rings. The molecular weight excluding hydrogens is 499 g/mol. The summed E-state index contributed by atoms with van der Waals surface area (Å²) < 4.78 is 24.3. The third-order valence-electron chi connectivity index (χ3n) is 3.18. The molecule has 1 amide bonds. The van der Waals surface area contributed by atoms with Crippen molar-refractivity contribution in [3.8, 4) is 5.69 Å². The molecule has 0 unspecified atom stereocenters. The Labute approximate surface area is 171 Å². The van der Waals surface area contributed by atoms with E-state index in [1.165, 1.54) is 9.58 Å². The highest BCUT2D eigenvalue weighted by Crippen LogP contribution is 2.28. The fraction of sp³-hybridized carbons (Fsp3) is 0.333. The van der Waals surface area contributed by atoms with E-state index in [0.717, 1.165) is 34.4 Å². The number of rotatable bonds is 8. The first-order valence-electron chi connectivity index (χ1n) is 7.42. The second-order valence-electron chi connectivity index (χ2n) is 5.10. The molecule has 0 spiro atoms. The number of carbonyl (C=O) groups excluding carboxylic acids is 1. The van der Waals surface area contributed by atoms with E-state index in [9.17, 15) is 13.6 Å². The molecule has 2 rings (SSSR count). The van der Waals surface area contributed by atoms with Gasteiger partial charge in [0.25, 0.3) is 5.91 Å². The number of pyridine rings is 1. The number of amides is 1. The summed E-state index contributed by atoms with van der Waals surface area (Å²) in [5, 5.41) is 12.1. The first-order chi connectivity index (χ1) is 12.2. The van der Waals surface area contributed by atoms with Crippen LogP contribution in [-0.2, 0) is 4.79 Å². The number of aromatic nitrogens is 3. The summed E-state index contributed by atoms with van der Waals surface area (Å²) in [6, 6.07) is 3.52. The molecule has 0 bridgehead atoms. The van der Waals surface area contributed by atoms with Gasteiger partial charge in [-0.2, -0.15) is 13.9 Å². The van der Waals surface area contributed by atoms with Gasteiger partial charge in [-0.15, -0.1) is 11.8 Å². The Balaban J connectivity index is 2.14. The molecule has 0 fully saturated rings. The lowest BCUT2D eigenvalue weighted by Gasteiger charge is -2.20. The van der Waals surface area contributed by atoms with E-state index in [0.29, 0.717) is 11.4 Å². The molecule has 0 radical (unpaired) electrons. The van der Waals surface area contributed by atoms with Crippen LogP contribution in [-0.4, -0.2) is 48.4 Å². The molecule has 11 heteroatoms. The van der Waals surface area contributed by atoms with Crippen LogP contribution in [0.5, 0.6) is 0 Å². The van der Waals surface area contributed by atoms with Gasteiger partial charge in [0.2, 0.25) is 0 Å². The summed E-state index contributed by atoms with van der Waals surface area (Å²) in [4.78, 5) is 17.8. The van der Waals surface area contributed by atoms with Crippen molar-refractivity contribution in [1.82, 2.24) is 14.8 Å². The standard InChI is InChI=1S/C15H15ClF2IN5OS/c1-2-23(14(25)11(20)8-26-9-15(17,18)19)12-7-24(22-13(12)16)10-4-3-5-21-6-10/h3-7,20H,2,8-9H2,1H3. The van der Waals surface area contributed by atoms with E-state index in [4.69, 9.17) is 17.0 Å². The van der Waals surface area contributed by atoms with E-state index < -0.39 is 15.6 Å². The van der Waals surface area contributed by atoms with Gasteiger partial charge in [0.1, 0.15) is 11.4 Å². The second kappa shape index (κ2) is 9.09. The van der Waals surface area contributed by atoms with Crippen LogP contribution in [0.15, 0.2) is 30.7 Å². The molecule has 2 heterocycles. The van der Waals surface area contributed by atoms with Crippen LogP contribution in [0.25, 0.3) is 5.69 Å². The van der Waals surface area contributed by atoms with Crippen LogP contribution in [0.3, 0.4) is 0 Å². The van der Waals surface area contributed by atoms with E-state index >= 15 is 0 Å². The summed E-state index contributed by atoms with van der Waals surface area (Å²) in [7, 11) is 0. The maximum Gasteiger partial charge on any atom is 0.305 e. The smallest absolute Gasteiger partial charge is 0.303 e. The average Bonchev–Trinajstić information content (AvgIpc) is 2.97. The van der Waals surface area contributed by atoms with Crippen LogP contribution in [0.2, 0.25) is 5.15 Å². The van der Waals surface area contributed by atoms with Crippen LogP contribution < -0.4 is 4.90 Å². The molecule has 140 valence electrons. The van der Waals surface area contributed by atoms with E-state index in [2.05, 4.69) is 10.1 Å². The highest BCUT2D eigenvalue weighted by atomic mass is 127. The molecule has 0 saturated heterocycles. The zero-order valence-electron chi connectivity index (χ0n) is 13.6.